The number of benzene rings is 3. The number of esters is 2. The number of nitro benzene ring substituents is 2. The fourth-order valence-electron chi connectivity index (χ4n) is 2.47. The standard InChI is InChI=1S/C20H10Br2N2O8/c21-15-7-1-11(9-17(15)23(27)28)19(25)31-13-3-5-14(6-4-13)32-20(26)12-2-8-16(22)18(10-12)24(29)30/h1-10H. The van der Waals surface area contributed by atoms with Crippen molar-refractivity contribution in [2.45, 2.75) is 0 Å². The Bertz CT molecular complexity index is 1150. The maximum Gasteiger partial charge on any atom is 0.343 e. The van der Waals surface area contributed by atoms with E-state index in [2.05, 4.69) is 31.9 Å². The van der Waals surface area contributed by atoms with E-state index in [-0.39, 0.29) is 42.9 Å². The van der Waals surface area contributed by atoms with Gasteiger partial charge >= 0.3 is 11.9 Å². The van der Waals surface area contributed by atoms with Gasteiger partial charge in [0.2, 0.25) is 0 Å². The van der Waals surface area contributed by atoms with Crippen LogP contribution < -0.4 is 9.47 Å². The van der Waals surface area contributed by atoms with Gasteiger partial charge in [0.05, 0.1) is 29.9 Å². The summed E-state index contributed by atoms with van der Waals surface area (Å²) in [5.41, 5.74) is -0.607. The fourth-order valence-corrected chi connectivity index (χ4v) is 3.25. The maximum absolute atomic E-state index is 12.3. The van der Waals surface area contributed by atoms with Crippen LogP contribution in [-0.2, 0) is 0 Å². The number of carbonyl (C=O) groups is 2. The first-order valence-corrected chi connectivity index (χ1v) is 10.2. The molecule has 0 heterocycles. The van der Waals surface area contributed by atoms with E-state index < -0.39 is 21.8 Å². The first-order chi connectivity index (χ1) is 15.2. The van der Waals surface area contributed by atoms with E-state index in [4.69, 9.17) is 9.47 Å². The van der Waals surface area contributed by atoms with E-state index in [1.807, 2.05) is 0 Å². The number of hydrogen-bond acceptors (Lipinski definition) is 8. The smallest absolute Gasteiger partial charge is 0.343 e. The average molecular weight is 566 g/mol. The Hall–Kier alpha value is -3.64. The molecule has 3 aromatic carbocycles. The topological polar surface area (TPSA) is 139 Å². The second-order valence-electron chi connectivity index (χ2n) is 6.10. The van der Waals surface area contributed by atoms with Gasteiger partial charge in [0, 0.05) is 12.1 Å². The second-order valence-corrected chi connectivity index (χ2v) is 7.81. The number of rotatable bonds is 6. The molecule has 0 aromatic heterocycles. The van der Waals surface area contributed by atoms with Crippen LogP contribution in [-0.4, -0.2) is 21.8 Å². The van der Waals surface area contributed by atoms with E-state index in [9.17, 15) is 29.8 Å². The Morgan fingerprint density at radius 2 is 1.00 bits per heavy atom. The Kier molecular flexibility index (Phi) is 6.95. The van der Waals surface area contributed by atoms with Crippen molar-refractivity contribution in [3.05, 3.63) is 101 Å². The van der Waals surface area contributed by atoms with Crippen LogP contribution in [0.5, 0.6) is 11.5 Å². The van der Waals surface area contributed by atoms with E-state index in [0.717, 1.165) is 12.1 Å². The average Bonchev–Trinajstić information content (AvgIpc) is 2.75. The lowest BCUT2D eigenvalue weighted by atomic mass is 10.2. The third-order valence-electron chi connectivity index (χ3n) is 4.00. The van der Waals surface area contributed by atoms with Crippen LogP contribution in [0.2, 0.25) is 0 Å². The summed E-state index contributed by atoms with van der Waals surface area (Å²) in [6.07, 6.45) is 0. The zero-order valence-corrected chi connectivity index (χ0v) is 18.9. The number of ether oxygens (including phenoxy) is 2. The zero-order valence-electron chi connectivity index (χ0n) is 15.7. The molecule has 0 saturated heterocycles. The lowest BCUT2D eigenvalue weighted by Gasteiger charge is -2.07. The molecule has 0 radical (unpaired) electrons. The van der Waals surface area contributed by atoms with E-state index in [0.29, 0.717) is 0 Å². The third kappa shape index (κ3) is 5.34. The van der Waals surface area contributed by atoms with Crippen LogP contribution in [0.1, 0.15) is 20.7 Å². The molecule has 0 amide bonds. The third-order valence-corrected chi connectivity index (χ3v) is 5.34. The molecule has 0 bridgehead atoms. The van der Waals surface area contributed by atoms with E-state index >= 15 is 0 Å². The zero-order chi connectivity index (χ0) is 23.4. The number of halogens is 2. The molecule has 0 spiro atoms. The highest BCUT2D eigenvalue weighted by Gasteiger charge is 2.19. The summed E-state index contributed by atoms with van der Waals surface area (Å²) in [7, 11) is 0. The van der Waals surface area contributed by atoms with Crippen molar-refractivity contribution >= 4 is 55.2 Å². The number of carbonyl (C=O) groups excluding carboxylic acids is 2. The summed E-state index contributed by atoms with van der Waals surface area (Å²) in [5.74, 6) is -1.40. The normalized spacial score (nSPS) is 10.3. The molecule has 0 N–H and O–H groups in total. The summed E-state index contributed by atoms with van der Waals surface area (Å²) in [6.45, 7) is 0. The van der Waals surface area contributed by atoms with Crippen molar-refractivity contribution in [2.75, 3.05) is 0 Å². The molecule has 0 fully saturated rings. The van der Waals surface area contributed by atoms with Crippen molar-refractivity contribution < 1.29 is 28.9 Å². The Morgan fingerprint density at radius 1 is 0.656 bits per heavy atom. The lowest BCUT2D eigenvalue weighted by molar-refractivity contribution is -0.385. The van der Waals surface area contributed by atoms with E-state index in [1.165, 1.54) is 48.5 Å². The molecule has 12 heteroatoms. The largest absolute Gasteiger partial charge is 0.423 e. The van der Waals surface area contributed by atoms with Crippen LogP contribution in [0, 0.1) is 20.2 Å². The van der Waals surface area contributed by atoms with Gasteiger partial charge in [-0.05, 0) is 80.4 Å². The van der Waals surface area contributed by atoms with Crippen LogP contribution in [0.3, 0.4) is 0 Å². The molecular weight excluding hydrogens is 556 g/mol. The van der Waals surface area contributed by atoms with Gasteiger partial charge in [-0.3, -0.25) is 20.2 Å². The van der Waals surface area contributed by atoms with Gasteiger partial charge < -0.3 is 9.47 Å². The predicted molar refractivity (Wildman–Crippen MR) is 118 cm³/mol. The van der Waals surface area contributed by atoms with Gasteiger partial charge in [-0.2, -0.15) is 0 Å². The van der Waals surface area contributed by atoms with Crippen molar-refractivity contribution in [1.29, 1.82) is 0 Å². The molecular formula is C20H10Br2N2O8. The highest BCUT2D eigenvalue weighted by atomic mass is 79.9. The summed E-state index contributed by atoms with van der Waals surface area (Å²) >= 11 is 6.07. The Morgan fingerprint density at radius 3 is 1.31 bits per heavy atom. The molecule has 3 rings (SSSR count). The van der Waals surface area contributed by atoms with Crippen molar-refractivity contribution in [1.82, 2.24) is 0 Å². The highest BCUT2D eigenvalue weighted by molar-refractivity contribution is 9.11. The second kappa shape index (κ2) is 9.66. The molecule has 32 heavy (non-hydrogen) atoms. The van der Waals surface area contributed by atoms with Crippen molar-refractivity contribution in [3.63, 3.8) is 0 Å². The van der Waals surface area contributed by atoms with Gasteiger partial charge in [-0.25, -0.2) is 9.59 Å². The Balaban J connectivity index is 1.69. The molecule has 0 unspecified atom stereocenters. The van der Waals surface area contributed by atoms with Gasteiger partial charge in [0.1, 0.15) is 11.5 Å². The lowest BCUT2D eigenvalue weighted by Crippen LogP contribution is -2.10. The summed E-state index contributed by atoms with van der Waals surface area (Å²) in [4.78, 5) is 45.2. The van der Waals surface area contributed by atoms with Crippen LogP contribution >= 0.6 is 31.9 Å². The molecule has 0 aliphatic rings. The van der Waals surface area contributed by atoms with E-state index in [1.54, 1.807) is 0 Å². The fraction of sp³-hybridized carbons (Fsp3) is 0. The quantitative estimate of drug-likeness (QED) is 0.166. The molecule has 0 atom stereocenters. The molecule has 10 nitrogen and oxygen atoms in total. The molecule has 3 aromatic rings. The number of nitrogens with zero attached hydrogens (tertiary/aromatic N) is 2. The van der Waals surface area contributed by atoms with Crippen molar-refractivity contribution in [2.24, 2.45) is 0 Å². The highest BCUT2D eigenvalue weighted by Crippen LogP contribution is 2.28. The predicted octanol–water partition coefficient (Wildman–Crippen LogP) is 5.47. The van der Waals surface area contributed by atoms with Gasteiger partial charge in [0.15, 0.2) is 0 Å². The minimum Gasteiger partial charge on any atom is -0.423 e. The minimum absolute atomic E-state index is 0.0211. The molecule has 0 saturated carbocycles. The SMILES string of the molecule is O=C(Oc1ccc(OC(=O)c2ccc(Br)c([N+](=O)[O-])c2)cc1)c1ccc(Br)c([N+](=O)[O-])c1. The summed E-state index contributed by atoms with van der Waals surface area (Å²) < 4.78 is 10.8. The van der Waals surface area contributed by atoms with Crippen LogP contribution in [0.15, 0.2) is 69.6 Å². The van der Waals surface area contributed by atoms with Crippen LogP contribution in [0.25, 0.3) is 0 Å². The maximum atomic E-state index is 12.3. The van der Waals surface area contributed by atoms with Gasteiger partial charge in [-0.1, -0.05) is 0 Å². The van der Waals surface area contributed by atoms with Crippen molar-refractivity contribution in [3.8, 4) is 11.5 Å². The Labute approximate surface area is 196 Å². The monoisotopic (exact) mass is 564 g/mol. The number of nitro groups is 2. The van der Waals surface area contributed by atoms with Gasteiger partial charge in [-0.15, -0.1) is 0 Å². The molecule has 0 aliphatic heterocycles. The summed E-state index contributed by atoms with van der Waals surface area (Å²) in [5, 5.41) is 22.0. The molecule has 162 valence electrons. The van der Waals surface area contributed by atoms with Gasteiger partial charge in [0.25, 0.3) is 11.4 Å². The van der Waals surface area contributed by atoms with Crippen LogP contribution in [0.4, 0.5) is 11.4 Å². The number of hydrogen-bond donors (Lipinski definition) is 0. The minimum atomic E-state index is -0.812. The molecule has 0 aliphatic carbocycles. The first-order valence-electron chi connectivity index (χ1n) is 8.58. The first kappa shape index (κ1) is 23.0. The summed E-state index contributed by atoms with van der Waals surface area (Å²) in [6, 6.07) is 13.1.